The number of carbonyl (C=O) groups excluding carboxylic acids is 1. The molecular formula is C14H16N2O2S2. The van der Waals surface area contributed by atoms with Crippen LogP contribution >= 0.6 is 23.6 Å². The van der Waals surface area contributed by atoms with Gasteiger partial charge in [0.15, 0.2) is 3.95 Å². The van der Waals surface area contributed by atoms with Gasteiger partial charge in [-0.3, -0.25) is 9.63 Å². The van der Waals surface area contributed by atoms with Crippen LogP contribution in [0.25, 0.3) is 11.3 Å². The molecule has 0 radical (unpaired) electrons. The zero-order valence-electron chi connectivity index (χ0n) is 11.4. The first-order chi connectivity index (χ1) is 9.61. The molecule has 1 N–H and O–H groups in total. The second-order valence-electron chi connectivity index (χ2n) is 4.30. The fourth-order valence-corrected chi connectivity index (χ4v) is 2.83. The number of aryl methyl sites for hydroxylation is 1. The molecule has 0 bridgehead atoms. The fraction of sp³-hybridized carbons (Fsp3) is 0.286. The van der Waals surface area contributed by atoms with E-state index in [4.69, 9.17) is 17.1 Å². The van der Waals surface area contributed by atoms with Gasteiger partial charge >= 0.3 is 0 Å². The van der Waals surface area contributed by atoms with E-state index in [0.717, 1.165) is 11.3 Å². The molecule has 2 rings (SSSR count). The Bertz CT molecular complexity index is 644. The van der Waals surface area contributed by atoms with E-state index in [1.165, 1.54) is 16.9 Å². The summed E-state index contributed by atoms with van der Waals surface area (Å²) in [5, 5.41) is 1.97. The van der Waals surface area contributed by atoms with Crippen molar-refractivity contribution in [3.05, 3.63) is 39.2 Å². The topological polar surface area (TPSA) is 43.3 Å². The molecule has 1 amide bonds. The van der Waals surface area contributed by atoms with Gasteiger partial charge in [-0.25, -0.2) is 5.48 Å². The molecule has 0 saturated carbocycles. The Morgan fingerprint density at radius 1 is 1.40 bits per heavy atom. The third-order valence-electron chi connectivity index (χ3n) is 2.76. The van der Waals surface area contributed by atoms with E-state index < -0.39 is 0 Å². The van der Waals surface area contributed by atoms with Gasteiger partial charge in [-0.05, 0) is 31.6 Å². The highest BCUT2D eigenvalue weighted by Crippen LogP contribution is 2.24. The van der Waals surface area contributed by atoms with E-state index in [2.05, 4.69) is 5.48 Å². The standard InChI is InChI=1S/C14H16N2O2S2/c1-3-18-15-13(17)8-16-12(9-20-14(16)19)11-6-4-10(2)5-7-11/h4-7,9H,3,8H2,1-2H3,(H,15,17). The highest BCUT2D eigenvalue weighted by Gasteiger charge is 2.10. The van der Waals surface area contributed by atoms with Gasteiger partial charge in [0.1, 0.15) is 6.54 Å². The van der Waals surface area contributed by atoms with Crippen molar-refractivity contribution in [3.8, 4) is 11.3 Å². The normalized spacial score (nSPS) is 10.5. The maximum absolute atomic E-state index is 11.8. The van der Waals surface area contributed by atoms with Crippen molar-refractivity contribution in [1.82, 2.24) is 10.0 Å². The molecule has 0 unspecified atom stereocenters. The highest BCUT2D eigenvalue weighted by atomic mass is 32.1. The van der Waals surface area contributed by atoms with Gasteiger partial charge in [0.2, 0.25) is 0 Å². The Morgan fingerprint density at radius 3 is 2.75 bits per heavy atom. The van der Waals surface area contributed by atoms with Crippen LogP contribution in [0.15, 0.2) is 29.6 Å². The van der Waals surface area contributed by atoms with Crippen LogP contribution in [0.5, 0.6) is 0 Å². The second kappa shape index (κ2) is 6.78. The Hall–Kier alpha value is -1.50. The summed E-state index contributed by atoms with van der Waals surface area (Å²) in [5.41, 5.74) is 5.58. The van der Waals surface area contributed by atoms with Crippen molar-refractivity contribution in [2.45, 2.75) is 20.4 Å². The van der Waals surface area contributed by atoms with Crippen molar-refractivity contribution in [2.75, 3.05) is 6.61 Å². The van der Waals surface area contributed by atoms with Crippen molar-refractivity contribution < 1.29 is 9.63 Å². The monoisotopic (exact) mass is 308 g/mol. The quantitative estimate of drug-likeness (QED) is 0.680. The van der Waals surface area contributed by atoms with Crippen LogP contribution in [-0.4, -0.2) is 17.1 Å². The Labute approximate surface area is 127 Å². The smallest absolute Gasteiger partial charge is 0.263 e. The third-order valence-corrected chi connectivity index (χ3v) is 4.03. The molecule has 1 aromatic heterocycles. The van der Waals surface area contributed by atoms with Gasteiger partial charge < -0.3 is 4.57 Å². The summed E-state index contributed by atoms with van der Waals surface area (Å²) in [5.74, 6) is -0.213. The lowest BCUT2D eigenvalue weighted by molar-refractivity contribution is -0.133. The molecule has 0 aliphatic heterocycles. The molecule has 0 aliphatic rings. The molecule has 0 saturated heterocycles. The van der Waals surface area contributed by atoms with Crippen LogP contribution in [0.2, 0.25) is 0 Å². The first-order valence-corrected chi connectivity index (χ1v) is 7.56. The maximum Gasteiger partial charge on any atom is 0.263 e. The third kappa shape index (κ3) is 3.53. The van der Waals surface area contributed by atoms with Crippen molar-refractivity contribution >= 4 is 29.5 Å². The van der Waals surface area contributed by atoms with Crippen molar-refractivity contribution in [2.24, 2.45) is 0 Å². The van der Waals surface area contributed by atoms with Crippen LogP contribution < -0.4 is 5.48 Å². The zero-order chi connectivity index (χ0) is 14.5. The summed E-state index contributed by atoms with van der Waals surface area (Å²) in [4.78, 5) is 16.7. The van der Waals surface area contributed by atoms with E-state index in [-0.39, 0.29) is 12.5 Å². The molecular weight excluding hydrogens is 292 g/mol. The lowest BCUT2D eigenvalue weighted by Gasteiger charge is -2.09. The van der Waals surface area contributed by atoms with Crippen LogP contribution in [-0.2, 0) is 16.2 Å². The van der Waals surface area contributed by atoms with E-state index in [1.54, 1.807) is 0 Å². The molecule has 1 aromatic carbocycles. The molecule has 0 fully saturated rings. The summed E-state index contributed by atoms with van der Waals surface area (Å²) in [6.07, 6.45) is 0. The number of thiazole rings is 1. The van der Waals surface area contributed by atoms with Crippen molar-refractivity contribution in [3.63, 3.8) is 0 Å². The van der Waals surface area contributed by atoms with Gasteiger partial charge in [0, 0.05) is 5.38 Å². The van der Waals surface area contributed by atoms with Crippen LogP contribution in [0.1, 0.15) is 12.5 Å². The first kappa shape index (κ1) is 14.9. The summed E-state index contributed by atoms with van der Waals surface area (Å²) in [7, 11) is 0. The van der Waals surface area contributed by atoms with Gasteiger partial charge in [-0.1, -0.05) is 29.8 Å². The van der Waals surface area contributed by atoms with Crippen LogP contribution in [0.3, 0.4) is 0 Å². The highest BCUT2D eigenvalue weighted by molar-refractivity contribution is 7.73. The van der Waals surface area contributed by atoms with E-state index in [9.17, 15) is 4.79 Å². The molecule has 6 heteroatoms. The van der Waals surface area contributed by atoms with Crippen LogP contribution in [0.4, 0.5) is 0 Å². The minimum Gasteiger partial charge on any atom is -0.313 e. The van der Waals surface area contributed by atoms with Gasteiger partial charge in [-0.2, -0.15) is 0 Å². The maximum atomic E-state index is 11.8. The number of carbonyl (C=O) groups is 1. The molecule has 0 atom stereocenters. The SMILES string of the molecule is CCONC(=O)Cn1c(-c2ccc(C)cc2)csc1=S. The minimum atomic E-state index is -0.213. The minimum absolute atomic E-state index is 0.158. The predicted octanol–water partition coefficient (Wildman–Crippen LogP) is 3.32. The summed E-state index contributed by atoms with van der Waals surface area (Å²) in [6.45, 7) is 4.45. The molecule has 4 nitrogen and oxygen atoms in total. The average molecular weight is 308 g/mol. The number of benzene rings is 1. The van der Waals surface area contributed by atoms with Gasteiger partial charge in [-0.15, -0.1) is 11.3 Å². The van der Waals surface area contributed by atoms with E-state index >= 15 is 0 Å². The van der Waals surface area contributed by atoms with Crippen LogP contribution in [0, 0.1) is 10.9 Å². The zero-order valence-corrected chi connectivity index (χ0v) is 13.0. The average Bonchev–Trinajstić information content (AvgIpc) is 2.79. The molecule has 20 heavy (non-hydrogen) atoms. The van der Waals surface area contributed by atoms with Gasteiger partial charge in [0.05, 0.1) is 12.3 Å². The second-order valence-corrected chi connectivity index (χ2v) is 5.80. The number of hydroxylamine groups is 1. The molecule has 0 spiro atoms. The lowest BCUT2D eigenvalue weighted by Crippen LogP contribution is -2.27. The number of nitrogens with zero attached hydrogens (tertiary/aromatic N) is 1. The van der Waals surface area contributed by atoms with E-state index in [0.29, 0.717) is 10.6 Å². The van der Waals surface area contributed by atoms with Gasteiger partial charge in [0.25, 0.3) is 5.91 Å². The summed E-state index contributed by atoms with van der Waals surface area (Å²) >= 11 is 6.74. The summed E-state index contributed by atoms with van der Waals surface area (Å²) < 4.78 is 2.49. The number of rotatable bonds is 5. The van der Waals surface area contributed by atoms with Crippen molar-refractivity contribution in [1.29, 1.82) is 0 Å². The molecule has 2 aromatic rings. The Morgan fingerprint density at radius 2 is 2.10 bits per heavy atom. The number of nitrogens with one attached hydrogen (secondary N) is 1. The Kier molecular flexibility index (Phi) is 5.05. The summed E-state index contributed by atoms with van der Waals surface area (Å²) in [6, 6.07) is 8.15. The number of aromatic nitrogens is 1. The first-order valence-electron chi connectivity index (χ1n) is 6.28. The number of amides is 1. The number of hydrogen-bond donors (Lipinski definition) is 1. The largest absolute Gasteiger partial charge is 0.313 e. The lowest BCUT2D eigenvalue weighted by atomic mass is 10.1. The fourth-order valence-electron chi connectivity index (χ4n) is 1.76. The molecule has 1 heterocycles. The molecule has 0 aliphatic carbocycles. The number of hydrogen-bond acceptors (Lipinski definition) is 4. The van der Waals surface area contributed by atoms with E-state index in [1.807, 2.05) is 48.1 Å². The predicted molar refractivity (Wildman–Crippen MR) is 83.1 cm³/mol. The molecule has 106 valence electrons. The Balaban J connectivity index is 2.25.